The Bertz CT molecular complexity index is 974. The maximum Gasteiger partial charge on any atom is 0.247 e. The van der Waals surface area contributed by atoms with Gasteiger partial charge in [0.2, 0.25) is 16.8 Å². The van der Waals surface area contributed by atoms with Gasteiger partial charge in [-0.05, 0) is 35.9 Å². The molecule has 0 radical (unpaired) electrons. The minimum Gasteiger partial charge on any atom is -0.454 e. The Hall–Kier alpha value is -2.61. The van der Waals surface area contributed by atoms with E-state index < -0.39 is 21.9 Å². The van der Waals surface area contributed by atoms with Gasteiger partial charge in [0.05, 0.1) is 18.0 Å². The number of benzene rings is 2. The first kappa shape index (κ1) is 15.9. The molecule has 0 fully saturated rings. The lowest BCUT2D eigenvalue weighted by molar-refractivity contribution is 0.174. The lowest BCUT2D eigenvalue weighted by atomic mass is 9.99. The van der Waals surface area contributed by atoms with Crippen molar-refractivity contribution in [3.63, 3.8) is 0 Å². The summed E-state index contributed by atoms with van der Waals surface area (Å²) in [5.74, 6) is 0.826. The normalized spacial score (nSPS) is 19.2. The quantitative estimate of drug-likeness (QED) is 0.842. The van der Waals surface area contributed by atoms with E-state index in [9.17, 15) is 12.8 Å². The van der Waals surface area contributed by atoms with E-state index in [-0.39, 0.29) is 6.79 Å². The first-order chi connectivity index (χ1) is 11.9. The van der Waals surface area contributed by atoms with Crippen molar-refractivity contribution < 1.29 is 22.3 Å². The van der Waals surface area contributed by atoms with Crippen LogP contribution in [-0.2, 0) is 10.0 Å². The van der Waals surface area contributed by atoms with Crippen molar-refractivity contribution in [2.45, 2.75) is 12.5 Å². The molecule has 2 aliphatic heterocycles. The number of halogens is 1. The molecule has 2 aliphatic rings. The highest BCUT2D eigenvalue weighted by Gasteiger charge is 2.35. The molecular formula is C17H15FN2O4S. The van der Waals surface area contributed by atoms with Gasteiger partial charge < -0.3 is 9.47 Å². The fraction of sp³-hybridized carbons (Fsp3) is 0.235. The third-order valence-corrected chi connectivity index (χ3v) is 5.17. The standard InChI is InChI=1S/C17H15FN2O4S/c1-25(21,22)20-15(12-3-2-4-13(18)7-12)9-14(19-20)11-5-6-16-17(8-11)24-10-23-16/h2-8,15H,9-10H2,1H3. The molecule has 2 heterocycles. The van der Waals surface area contributed by atoms with Gasteiger partial charge in [-0.1, -0.05) is 12.1 Å². The first-order valence-corrected chi connectivity index (χ1v) is 9.49. The molecule has 0 bridgehead atoms. The van der Waals surface area contributed by atoms with Crippen LogP contribution in [0.25, 0.3) is 0 Å². The third-order valence-electron chi connectivity index (χ3n) is 4.15. The van der Waals surface area contributed by atoms with E-state index in [2.05, 4.69) is 5.10 Å². The number of hydrazone groups is 1. The zero-order valence-corrected chi connectivity index (χ0v) is 14.2. The molecule has 0 saturated carbocycles. The average Bonchev–Trinajstić information content (AvgIpc) is 3.20. The number of hydrogen-bond donors (Lipinski definition) is 0. The van der Waals surface area contributed by atoms with Gasteiger partial charge in [-0.2, -0.15) is 9.52 Å². The molecule has 1 unspecified atom stereocenters. The maximum atomic E-state index is 13.6. The van der Waals surface area contributed by atoms with Gasteiger partial charge in [0.25, 0.3) is 0 Å². The van der Waals surface area contributed by atoms with E-state index >= 15 is 0 Å². The van der Waals surface area contributed by atoms with Crippen LogP contribution in [0.4, 0.5) is 4.39 Å². The summed E-state index contributed by atoms with van der Waals surface area (Å²) in [4.78, 5) is 0. The summed E-state index contributed by atoms with van der Waals surface area (Å²) >= 11 is 0. The smallest absolute Gasteiger partial charge is 0.247 e. The minimum absolute atomic E-state index is 0.159. The van der Waals surface area contributed by atoms with Crippen molar-refractivity contribution in [1.29, 1.82) is 0 Å². The van der Waals surface area contributed by atoms with Crippen molar-refractivity contribution in [2.75, 3.05) is 13.0 Å². The number of rotatable bonds is 3. The van der Waals surface area contributed by atoms with E-state index in [0.29, 0.717) is 29.2 Å². The molecule has 0 N–H and O–H groups in total. The maximum absolute atomic E-state index is 13.6. The number of fused-ring (bicyclic) bond motifs is 1. The Balaban J connectivity index is 1.73. The lowest BCUT2D eigenvalue weighted by Crippen LogP contribution is -2.26. The Morgan fingerprint density at radius 3 is 2.72 bits per heavy atom. The number of sulfonamides is 1. The Labute approximate surface area is 144 Å². The predicted molar refractivity (Wildman–Crippen MR) is 89.5 cm³/mol. The van der Waals surface area contributed by atoms with Crippen LogP contribution in [0.2, 0.25) is 0 Å². The molecule has 8 heteroatoms. The van der Waals surface area contributed by atoms with Gasteiger partial charge in [0.15, 0.2) is 11.5 Å². The molecule has 25 heavy (non-hydrogen) atoms. The van der Waals surface area contributed by atoms with Gasteiger partial charge in [-0.25, -0.2) is 12.8 Å². The summed E-state index contributed by atoms with van der Waals surface area (Å²) in [6.45, 7) is 0.159. The molecule has 130 valence electrons. The second-order valence-corrected chi connectivity index (χ2v) is 7.77. The molecule has 1 atom stereocenters. The largest absolute Gasteiger partial charge is 0.454 e. The molecule has 0 spiro atoms. The minimum atomic E-state index is -3.60. The molecular weight excluding hydrogens is 347 g/mol. The Morgan fingerprint density at radius 2 is 1.96 bits per heavy atom. The molecule has 4 rings (SSSR count). The van der Waals surface area contributed by atoms with Crippen molar-refractivity contribution in [3.05, 3.63) is 59.4 Å². The first-order valence-electron chi connectivity index (χ1n) is 7.64. The SMILES string of the molecule is CS(=O)(=O)N1N=C(c2ccc3c(c2)OCO3)CC1c1cccc(F)c1. The highest BCUT2D eigenvalue weighted by Crippen LogP contribution is 2.38. The van der Waals surface area contributed by atoms with Crippen LogP contribution >= 0.6 is 0 Å². The topological polar surface area (TPSA) is 68.2 Å². The van der Waals surface area contributed by atoms with Crippen molar-refractivity contribution in [2.24, 2.45) is 5.10 Å². The van der Waals surface area contributed by atoms with Crippen LogP contribution in [0.3, 0.4) is 0 Å². The summed E-state index contributed by atoms with van der Waals surface area (Å²) in [5, 5.41) is 4.29. The van der Waals surface area contributed by atoms with Crippen molar-refractivity contribution >= 4 is 15.7 Å². The molecule has 0 amide bonds. The van der Waals surface area contributed by atoms with E-state index in [1.54, 1.807) is 30.3 Å². The molecule has 6 nitrogen and oxygen atoms in total. The summed E-state index contributed by atoms with van der Waals surface area (Å²) in [7, 11) is -3.60. The highest BCUT2D eigenvalue weighted by atomic mass is 32.2. The molecule has 0 saturated heterocycles. The number of nitrogens with zero attached hydrogens (tertiary/aromatic N) is 2. The monoisotopic (exact) mass is 362 g/mol. The molecule has 2 aromatic carbocycles. The zero-order valence-electron chi connectivity index (χ0n) is 13.3. The number of hydrogen-bond acceptors (Lipinski definition) is 5. The summed E-state index contributed by atoms with van der Waals surface area (Å²) in [6.07, 6.45) is 1.43. The summed E-state index contributed by atoms with van der Waals surface area (Å²) in [5.41, 5.74) is 1.90. The predicted octanol–water partition coefficient (Wildman–Crippen LogP) is 2.67. The van der Waals surface area contributed by atoms with Crippen molar-refractivity contribution in [3.8, 4) is 11.5 Å². The molecule has 0 aromatic heterocycles. The van der Waals surface area contributed by atoms with Gasteiger partial charge >= 0.3 is 0 Å². The summed E-state index contributed by atoms with van der Waals surface area (Å²) < 4.78 is 49.6. The lowest BCUT2D eigenvalue weighted by Gasteiger charge is -2.21. The average molecular weight is 362 g/mol. The van der Waals surface area contributed by atoms with Gasteiger partial charge in [0, 0.05) is 12.0 Å². The van der Waals surface area contributed by atoms with Gasteiger partial charge in [-0.15, -0.1) is 0 Å². The molecule has 0 aliphatic carbocycles. The van der Waals surface area contributed by atoms with E-state index in [1.165, 1.54) is 12.1 Å². The number of ether oxygens (including phenoxy) is 2. The van der Waals surface area contributed by atoms with Crippen LogP contribution in [0.15, 0.2) is 47.6 Å². The third kappa shape index (κ3) is 2.93. The zero-order chi connectivity index (χ0) is 17.6. The van der Waals surface area contributed by atoms with E-state index in [4.69, 9.17) is 9.47 Å². The Kier molecular flexibility index (Phi) is 3.64. The van der Waals surface area contributed by atoms with E-state index in [1.807, 2.05) is 0 Å². The van der Waals surface area contributed by atoms with E-state index in [0.717, 1.165) is 16.2 Å². The van der Waals surface area contributed by atoms with Crippen molar-refractivity contribution in [1.82, 2.24) is 4.41 Å². The fourth-order valence-corrected chi connectivity index (χ4v) is 3.91. The highest BCUT2D eigenvalue weighted by molar-refractivity contribution is 7.88. The van der Waals surface area contributed by atoms with Crippen LogP contribution in [0.1, 0.15) is 23.6 Å². The van der Waals surface area contributed by atoms with Gasteiger partial charge in [-0.3, -0.25) is 0 Å². The van der Waals surface area contributed by atoms with Crippen LogP contribution in [-0.4, -0.2) is 31.6 Å². The fourth-order valence-electron chi connectivity index (χ4n) is 3.01. The van der Waals surface area contributed by atoms with Crippen LogP contribution in [0, 0.1) is 5.82 Å². The Morgan fingerprint density at radius 1 is 1.16 bits per heavy atom. The second-order valence-electron chi connectivity index (χ2n) is 5.93. The van der Waals surface area contributed by atoms with Gasteiger partial charge in [0.1, 0.15) is 5.82 Å². The summed E-state index contributed by atoms with van der Waals surface area (Å²) in [6, 6.07) is 10.7. The van der Waals surface area contributed by atoms with Crippen LogP contribution < -0.4 is 9.47 Å². The molecule has 2 aromatic rings. The second kappa shape index (κ2) is 5.73. The van der Waals surface area contributed by atoms with Crippen LogP contribution in [0.5, 0.6) is 11.5 Å².